The third-order valence-corrected chi connectivity index (χ3v) is 4.88. The summed E-state index contributed by atoms with van der Waals surface area (Å²) < 4.78 is 7.37. The number of nitrogen functional groups attached to an aromatic ring is 1. The van der Waals surface area contributed by atoms with Gasteiger partial charge in [0.25, 0.3) is 0 Å². The fourth-order valence-corrected chi connectivity index (χ4v) is 3.94. The number of hydrogen-bond donors (Lipinski definition) is 1. The van der Waals surface area contributed by atoms with E-state index in [4.69, 9.17) is 10.5 Å². The molecule has 0 aliphatic heterocycles. The highest BCUT2D eigenvalue weighted by atomic mass is 32.1. The van der Waals surface area contributed by atoms with Crippen LogP contribution in [0.3, 0.4) is 0 Å². The molecule has 0 saturated carbocycles. The van der Waals surface area contributed by atoms with Gasteiger partial charge in [0.1, 0.15) is 5.75 Å². The number of ether oxygens (including phenoxy) is 1. The number of benzene rings is 1. The fraction of sp³-hybridized carbons (Fsp3) is 0.286. The highest BCUT2D eigenvalue weighted by Crippen LogP contribution is 2.34. The number of aromatic nitrogens is 3. The summed E-state index contributed by atoms with van der Waals surface area (Å²) in [6.45, 7) is 0. The highest BCUT2D eigenvalue weighted by Gasteiger charge is 2.22. The normalized spacial score (nSPS) is 13.8. The quantitative estimate of drug-likeness (QED) is 0.735. The first-order valence-electron chi connectivity index (χ1n) is 6.57. The molecule has 1 aromatic carbocycles. The van der Waals surface area contributed by atoms with E-state index in [9.17, 15) is 0 Å². The van der Waals surface area contributed by atoms with Crippen LogP contribution in [0.25, 0.3) is 16.3 Å². The second-order valence-electron chi connectivity index (χ2n) is 4.92. The number of aryl methyl sites for hydroxylation is 2. The molecule has 2 N–H and O–H groups in total. The predicted molar refractivity (Wildman–Crippen MR) is 79.3 cm³/mol. The number of methoxy groups -OCH3 is 1. The molecule has 2 aromatic heterocycles. The van der Waals surface area contributed by atoms with Crippen molar-refractivity contribution in [1.82, 2.24) is 14.6 Å². The van der Waals surface area contributed by atoms with Gasteiger partial charge in [0.15, 0.2) is 5.82 Å². The lowest BCUT2D eigenvalue weighted by Crippen LogP contribution is -1.96. The average molecular weight is 286 g/mol. The van der Waals surface area contributed by atoms with Crippen LogP contribution in [-0.4, -0.2) is 21.7 Å². The Balaban J connectivity index is 1.92. The Bertz CT molecular complexity index is 805. The summed E-state index contributed by atoms with van der Waals surface area (Å²) in [6, 6.07) is 5.75. The standard InChI is InChI=1S/C14H14N4OS/c1-19-11-6-5-8(7-9(11)15)13-16-17-14-18(13)10-3-2-4-12(10)20-14/h5-7H,2-4,15H2,1H3. The summed E-state index contributed by atoms with van der Waals surface area (Å²) >= 11 is 1.75. The Kier molecular flexibility index (Phi) is 2.47. The van der Waals surface area contributed by atoms with E-state index in [1.165, 1.54) is 17.0 Å². The first kappa shape index (κ1) is 11.7. The number of rotatable bonds is 2. The van der Waals surface area contributed by atoms with Crippen LogP contribution in [0.5, 0.6) is 5.75 Å². The Morgan fingerprint density at radius 2 is 2.20 bits per heavy atom. The van der Waals surface area contributed by atoms with Crippen molar-refractivity contribution in [2.45, 2.75) is 19.3 Å². The van der Waals surface area contributed by atoms with Crippen LogP contribution in [0.4, 0.5) is 5.69 Å². The molecule has 0 spiro atoms. The number of thiazole rings is 1. The van der Waals surface area contributed by atoms with Gasteiger partial charge in [0.05, 0.1) is 12.8 Å². The number of nitrogens with two attached hydrogens (primary N) is 1. The zero-order valence-electron chi connectivity index (χ0n) is 11.1. The van der Waals surface area contributed by atoms with E-state index >= 15 is 0 Å². The van der Waals surface area contributed by atoms with E-state index in [0.29, 0.717) is 11.4 Å². The number of nitrogens with zero attached hydrogens (tertiary/aromatic N) is 3. The molecule has 0 bridgehead atoms. The minimum atomic E-state index is 0.619. The molecule has 0 atom stereocenters. The van der Waals surface area contributed by atoms with Gasteiger partial charge in [-0.3, -0.25) is 4.40 Å². The van der Waals surface area contributed by atoms with Crippen LogP contribution in [-0.2, 0) is 12.8 Å². The molecule has 0 unspecified atom stereocenters. The van der Waals surface area contributed by atoms with Crippen molar-refractivity contribution in [2.24, 2.45) is 0 Å². The minimum Gasteiger partial charge on any atom is -0.495 e. The number of hydrogen-bond acceptors (Lipinski definition) is 5. The molecule has 0 fully saturated rings. The molecule has 4 rings (SSSR count). The van der Waals surface area contributed by atoms with Gasteiger partial charge in [0.2, 0.25) is 4.96 Å². The van der Waals surface area contributed by atoms with Gasteiger partial charge in [-0.25, -0.2) is 0 Å². The first-order valence-corrected chi connectivity index (χ1v) is 7.39. The molecule has 20 heavy (non-hydrogen) atoms. The molecule has 1 aliphatic rings. The third-order valence-electron chi connectivity index (χ3n) is 3.74. The summed E-state index contributed by atoms with van der Waals surface area (Å²) in [6.07, 6.45) is 3.49. The van der Waals surface area contributed by atoms with Crippen molar-refractivity contribution in [1.29, 1.82) is 0 Å². The van der Waals surface area contributed by atoms with Gasteiger partial charge in [-0.15, -0.1) is 10.2 Å². The highest BCUT2D eigenvalue weighted by molar-refractivity contribution is 7.17. The number of anilines is 1. The topological polar surface area (TPSA) is 65.4 Å². The van der Waals surface area contributed by atoms with Crippen LogP contribution < -0.4 is 10.5 Å². The van der Waals surface area contributed by atoms with Crippen LogP contribution in [0.15, 0.2) is 18.2 Å². The molecule has 102 valence electrons. The van der Waals surface area contributed by atoms with Crippen LogP contribution in [0.2, 0.25) is 0 Å². The number of fused-ring (bicyclic) bond motifs is 3. The lowest BCUT2D eigenvalue weighted by atomic mass is 10.1. The summed E-state index contributed by atoms with van der Waals surface area (Å²) in [4.78, 5) is 2.41. The summed E-state index contributed by atoms with van der Waals surface area (Å²) in [5.41, 5.74) is 8.95. The zero-order chi connectivity index (χ0) is 13.7. The monoisotopic (exact) mass is 286 g/mol. The molecule has 0 saturated heterocycles. The Morgan fingerprint density at radius 1 is 1.30 bits per heavy atom. The van der Waals surface area contributed by atoms with E-state index in [2.05, 4.69) is 14.6 Å². The van der Waals surface area contributed by atoms with Crippen LogP contribution in [0.1, 0.15) is 17.0 Å². The largest absolute Gasteiger partial charge is 0.495 e. The van der Waals surface area contributed by atoms with Gasteiger partial charge >= 0.3 is 0 Å². The lowest BCUT2D eigenvalue weighted by molar-refractivity contribution is 0.417. The van der Waals surface area contributed by atoms with E-state index in [1.54, 1.807) is 18.4 Å². The summed E-state index contributed by atoms with van der Waals surface area (Å²) in [5.74, 6) is 1.55. The Hall–Kier alpha value is -2.08. The van der Waals surface area contributed by atoms with Crippen molar-refractivity contribution in [3.05, 3.63) is 28.8 Å². The van der Waals surface area contributed by atoms with Crippen molar-refractivity contribution in [2.75, 3.05) is 12.8 Å². The average Bonchev–Trinajstić information content (AvgIpc) is 3.09. The Labute approximate surface area is 120 Å². The fourth-order valence-electron chi connectivity index (χ4n) is 2.80. The maximum Gasteiger partial charge on any atom is 0.216 e. The van der Waals surface area contributed by atoms with Crippen molar-refractivity contribution >= 4 is 22.0 Å². The van der Waals surface area contributed by atoms with Crippen LogP contribution in [0, 0.1) is 0 Å². The van der Waals surface area contributed by atoms with Gasteiger partial charge in [0, 0.05) is 16.1 Å². The molecule has 0 radical (unpaired) electrons. The SMILES string of the molecule is COc1ccc(-c2nnc3sc4c(n23)CCC4)cc1N. The van der Waals surface area contributed by atoms with Gasteiger partial charge in [-0.05, 0) is 37.5 Å². The maximum absolute atomic E-state index is 5.99. The maximum atomic E-state index is 5.99. The Morgan fingerprint density at radius 3 is 3.00 bits per heavy atom. The second kappa shape index (κ2) is 4.21. The second-order valence-corrected chi connectivity index (χ2v) is 5.99. The molecule has 2 heterocycles. The molecule has 5 nitrogen and oxygen atoms in total. The van der Waals surface area contributed by atoms with E-state index in [0.717, 1.165) is 29.2 Å². The van der Waals surface area contributed by atoms with E-state index < -0.39 is 0 Å². The molecular weight excluding hydrogens is 272 g/mol. The lowest BCUT2D eigenvalue weighted by Gasteiger charge is -2.06. The van der Waals surface area contributed by atoms with Crippen LogP contribution >= 0.6 is 11.3 Å². The zero-order valence-corrected chi connectivity index (χ0v) is 11.9. The van der Waals surface area contributed by atoms with Crippen molar-refractivity contribution in [3.63, 3.8) is 0 Å². The molecule has 1 aliphatic carbocycles. The van der Waals surface area contributed by atoms with Crippen molar-refractivity contribution < 1.29 is 4.74 Å². The molecule has 0 amide bonds. The van der Waals surface area contributed by atoms with Crippen molar-refractivity contribution in [3.8, 4) is 17.1 Å². The smallest absolute Gasteiger partial charge is 0.216 e. The molecule has 6 heteroatoms. The van der Waals surface area contributed by atoms with E-state index in [-0.39, 0.29) is 0 Å². The third kappa shape index (κ3) is 1.54. The summed E-state index contributed by atoms with van der Waals surface area (Å²) in [7, 11) is 1.62. The van der Waals surface area contributed by atoms with E-state index in [1.807, 2.05) is 18.2 Å². The summed E-state index contributed by atoms with van der Waals surface area (Å²) in [5, 5.41) is 8.62. The molecule has 3 aromatic rings. The van der Waals surface area contributed by atoms with Gasteiger partial charge in [-0.1, -0.05) is 11.3 Å². The predicted octanol–water partition coefficient (Wildman–Crippen LogP) is 2.54. The van der Waals surface area contributed by atoms with Gasteiger partial charge < -0.3 is 10.5 Å². The first-order chi connectivity index (χ1) is 9.78. The minimum absolute atomic E-state index is 0.619. The van der Waals surface area contributed by atoms with Gasteiger partial charge in [-0.2, -0.15) is 0 Å². The molecular formula is C14H14N4OS.